The lowest BCUT2D eigenvalue weighted by Gasteiger charge is -2.35. The van der Waals surface area contributed by atoms with Crippen LogP contribution in [0.1, 0.15) is 32.3 Å². The van der Waals surface area contributed by atoms with E-state index < -0.39 is 0 Å². The molecule has 0 radical (unpaired) electrons. The zero-order valence-corrected chi connectivity index (χ0v) is 10.9. The lowest BCUT2D eigenvalue weighted by molar-refractivity contribution is 0.245. The molecule has 1 atom stereocenters. The minimum Gasteiger partial charge on any atom is -0.0837 e. The maximum atomic E-state index is 2.42. The summed E-state index contributed by atoms with van der Waals surface area (Å²) in [6.45, 7) is 4.68. The standard InChI is InChI=1S/C17H22/c1-15(2)17(12-7-4-8-13-17)14-11-16-9-5-3-6-10-16/h3-10,12,15H,11,13-14H2,1-2H3. The molecule has 0 saturated carbocycles. The van der Waals surface area contributed by atoms with E-state index in [0.717, 1.165) is 0 Å². The van der Waals surface area contributed by atoms with Gasteiger partial charge in [0.15, 0.2) is 0 Å². The Morgan fingerprint density at radius 1 is 1.12 bits per heavy atom. The third-order valence-electron chi connectivity index (χ3n) is 4.05. The summed E-state index contributed by atoms with van der Waals surface area (Å²) in [4.78, 5) is 0. The summed E-state index contributed by atoms with van der Waals surface area (Å²) in [5.74, 6) is 0.701. The van der Waals surface area contributed by atoms with E-state index in [9.17, 15) is 0 Å². The highest BCUT2D eigenvalue weighted by atomic mass is 14.3. The molecular weight excluding hydrogens is 204 g/mol. The van der Waals surface area contributed by atoms with Crippen LogP contribution >= 0.6 is 0 Å². The van der Waals surface area contributed by atoms with Crippen LogP contribution in [-0.2, 0) is 6.42 Å². The fourth-order valence-corrected chi connectivity index (χ4v) is 2.61. The van der Waals surface area contributed by atoms with Crippen molar-refractivity contribution in [2.24, 2.45) is 11.3 Å². The van der Waals surface area contributed by atoms with Crippen molar-refractivity contribution in [3.8, 4) is 0 Å². The topological polar surface area (TPSA) is 0 Å². The van der Waals surface area contributed by atoms with Gasteiger partial charge in [-0.05, 0) is 36.2 Å². The van der Waals surface area contributed by atoms with Crippen LogP contribution in [0.4, 0.5) is 0 Å². The molecule has 90 valence electrons. The lowest BCUT2D eigenvalue weighted by Crippen LogP contribution is -2.26. The first-order chi connectivity index (χ1) is 8.23. The van der Waals surface area contributed by atoms with Gasteiger partial charge in [0.1, 0.15) is 0 Å². The zero-order chi connectivity index (χ0) is 12.1. The molecule has 1 aromatic rings. The maximum absolute atomic E-state index is 2.42. The molecule has 0 spiro atoms. The van der Waals surface area contributed by atoms with Crippen molar-refractivity contribution in [1.29, 1.82) is 0 Å². The van der Waals surface area contributed by atoms with E-state index in [0.29, 0.717) is 11.3 Å². The first kappa shape index (κ1) is 12.2. The van der Waals surface area contributed by atoms with E-state index in [1.165, 1.54) is 24.8 Å². The Hall–Kier alpha value is -1.30. The summed E-state index contributed by atoms with van der Waals surface area (Å²) in [6.07, 6.45) is 12.7. The smallest absolute Gasteiger partial charge is 0.00544 e. The molecule has 1 aromatic carbocycles. The minimum absolute atomic E-state index is 0.366. The molecule has 0 nitrogen and oxygen atoms in total. The average molecular weight is 226 g/mol. The number of hydrogen-bond acceptors (Lipinski definition) is 0. The molecule has 17 heavy (non-hydrogen) atoms. The minimum atomic E-state index is 0.366. The molecule has 0 heteroatoms. The molecule has 1 aliphatic carbocycles. The van der Waals surface area contributed by atoms with E-state index in [-0.39, 0.29) is 0 Å². The Kier molecular flexibility index (Phi) is 3.83. The fraction of sp³-hybridized carbons (Fsp3) is 0.412. The summed E-state index contributed by atoms with van der Waals surface area (Å²) in [7, 11) is 0. The Morgan fingerprint density at radius 3 is 2.47 bits per heavy atom. The van der Waals surface area contributed by atoms with Gasteiger partial charge in [0.25, 0.3) is 0 Å². The summed E-state index contributed by atoms with van der Waals surface area (Å²) in [5, 5.41) is 0. The van der Waals surface area contributed by atoms with Gasteiger partial charge in [-0.3, -0.25) is 0 Å². The van der Waals surface area contributed by atoms with Gasteiger partial charge >= 0.3 is 0 Å². The first-order valence-electron chi connectivity index (χ1n) is 6.61. The Balaban J connectivity index is 2.05. The van der Waals surface area contributed by atoms with Gasteiger partial charge in [-0.1, -0.05) is 68.5 Å². The van der Waals surface area contributed by atoms with Crippen LogP contribution in [0.15, 0.2) is 54.6 Å². The predicted octanol–water partition coefficient (Wildman–Crippen LogP) is 4.78. The van der Waals surface area contributed by atoms with Crippen molar-refractivity contribution < 1.29 is 0 Å². The van der Waals surface area contributed by atoms with E-state index in [2.05, 4.69) is 68.5 Å². The summed E-state index contributed by atoms with van der Waals surface area (Å²) in [5.41, 5.74) is 1.82. The first-order valence-corrected chi connectivity index (χ1v) is 6.61. The SMILES string of the molecule is CC(C)C1(CCc2ccccc2)C=CC=CC1. The second kappa shape index (κ2) is 5.35. The molecule has 2 rings (SSSR count). The molecule has 0 amide bonds. The van der Waals surface area contributed by atoms with Crippen molar-refractivity contribution in [3.63, 3.8) is 0 Å². The van der Waals surface area contributed by atoms with Crippen molar-refractivity contribution in [2.75, 3.05) is 0 Å². The highest BCUT2D eigenvalue weighted by Crippen LogP contribution is 2.40. The summed E-state index contributed by atoms with van der Waals surface area (Å²) >= 11 is 0. The van der Waals surface area contributed by atoms with Crippen molar-refractivity contribution in [2.45, 2.75) is 33.1 Å². The van der Waals surface area contributed by atoms with Gasteiger partial charge in [-0.25, -0.2) is 0 Å². The van der Waals surface area contributed by atoms with E-state index in [1.807, 2.05) is 0 Å². The number of hydrogen-bond donors (Lipinski definition) is 0. The third kappa shape index (κ3) is 2.88. The highest BCUT2D eigenvalue weighted by molar-refractivity contribution is 5.20. The van der Waals surface area contributed by atoms with Gasteiger partial charge < -0.3 is 0 Å². The molecule has 0 aromatic heterocycles. The van der Waals surface area contributed by atoms with Crippen LogP contribution in [0.3, 0.4) is 0 Å². The van der Waals surface area contributed by atoms with Crippen molar-refractivity contribution in [3.05, 3.63) is 60.2 Å². The van der Waals surface area contributed by atoms with E-state index in [4.69, 9.17) is 0 Å². The molecule has 0 fully saturated rings. The normalized spacial score (nSPS) is 23.2. The van der Waals surface area contributed by atoms with E-state index in [1.54, 1.807) is 0 Å². The predicted molar refractivity (Wildman–Crippen MR) is 74.9 cm³/mol. The van der Waals surface area contributed by atoms with Gasteiger partial charge in [-0.2, -0.15) is 0 Å². The number of benzene rings is 1. The second-order valence-corrected chi connectivity index (χ2v) is 5.36. The molecule has 0 aliphatic heterocycles. The fourth-order valence-electron chi connectivity index (χ4n) is 2.61. The molecule has 1 unspecified atom stereocenters. The van der Waals surface area contributed by atoms with Gasteiger partial charge in [0.05, 0.1) is 0 Å². The summed E-state index contributed by atoms with van der Waals surface area (Å²) < 4.78 is 0. The molecule has 0 heterocycles. The number of aryl methyl sites for hydroxylation is 1. The monoisotopic (exact) mass is 226 g/mol. The highest BCUT2D eigenvalue weighted by Gasteiger charge is 2.30. The van der Waals surface area contributed by atoms with Gasteiger partial charge in [0, 0.05) is 0 Å². The molecule has 0 N–H and O–H groups in total. The van der Waals surface area contributed by atoms with Gasteiger partial charge in [0.2, 0.25) is 0 Å². The van der Waals surface area contributed by atoms with Crippen LogP contribution in [0, 0.1) is 11.3 Å². The van der Waals surface area contributed by atoms with Gasteiger partial charge in [-0.15, -0.1) is 0 Å². The van der Waals surface area contributed by atoms with Crippen molar-refractivity contribution in [1.82, 2.24) is 0 Å². The number of rotatable bonds is 4. The molecule has 0 bridgehead atoms. The Bertz CT molecular complexity index is 397. The molecule has 1 aliphatic rings. The molecule has 0 saturated heterocycles. The van der Waals surface area contributed by atoms with Crippen LogP contribution < -0.4 is 0 Å². The second-order valence-electron chi connectivity index (χ2n) is 5.36. The zero-order valence-electron chi connectivity index (χ0n) is 10.9. The number of allylic oxidation sites excluding steroid dienone is 4. The summed E-state index contributed by atoms with van der Waals surface area (Å²) in [6, 6.07) is 10.8. The average Bonchev–Trinajstić information content (AvgIpc) is 2.38. The maximum Gasteiger partial charge on any atom is -0.00544 e. The quantitative estimate of drug-likeness (QED) is 0.693. The third-order valence-corrected chi connectivity index (χ3v) is 4.05. The lowest BCUT2D eigenvalue weighted by atomic mass is 9.69. The largest absolute Gasteiger partial charge is 0.0837 e. The van der Waals surface area contributed by atoms with Crippen LogP contribution in [0.2, 0.25) is 0 Å². The van der Waals surface area contributed by atoms with Crippen molar-refractivity contribution >= 4 is 0 Å². The Morgan fingerprint density at radius 2 is 1.88 bits per heavy atom. The molecular formula is C17H22. The van der Waals surface area contributed by atoms with Crippen LogP contribution in [0.25, 0.3) is 0 Å². The van der Waals surface area contributed by atoms with Crippen LogP contribution in [0.5, 0.6) is 0 Å². The van der Waals surface area contributed by atoms with E-state index >= 15 is 0 Å². The Labute approximate surface area is 105 Å². The van der Waals surface area contributed by atoms with Crippen LogP contribution in [-0.4, -0.2) is 0 Å².